The van der Waals surface area contributed by atoms with Crippen molar-refractivity contribution in [2.24, 2.45) is 5.41 Å². The lowest BCUT2D eigenvalue weighted by Crippen LogP contribution is -2.52. The predicted octanol–water partition coefficient (Wildman–Crippen LogP) is 2.21. The van der Waals surface area contributed by atoms with Crippen LogP contribution in [0.3, 0.4) is 0 Å². The summed E-state index contributed by atoms with van der Waals surface area (Å²) < 4.78 is 0. The molecule has 0 aliphatic carbocycles. The molecule has 108 valence electrons. The number of benzene rings is 1. The monoisotopic (exact) mass is 276 g/mol. The molecule has 5 nitrogen and oxygen atoms in total. The SMILES string of the molecule is CC(C)(C)[C@@H](NC(=O)N1Cc2ccccc2C1)C(=O)O. The lowest BCUT2D eigenvalue weighted by molar-refractivity contribution is -0.142. The van der Waals surface area contributed by atoms with Crippen molar-refractivity contribution in [2.75, 3.05) is 0 Å². The third-order valence-corrected chi connectivity index (χ3v) is 3.51. The first-order valence-electron chi connectivity index (χ1n) is 6.64. The zero-order valence-corrected chi connectivity index (χ0v) is 12.0. The molecule has 2 N–H and O–H groups in total. The van der Waals surface area contributed by atoms with Gasteiger partial charge in [0.25, 0.3) is 0 Å². The molecule has 1 aromatic carbocycles. The van der Waals surface area contributed by atoms with Gasteiger partial charge < -0.3 is 15.3 Å². The second-order valence-corrected chi connectivity index (χ2v) is 6.21. The highest BCUT2D eigenvalue weighted by atomic mass is 16.4. The number of carbonyl (C=O) groups is 2. The van der Waals surface area contributed by atoms with Gasteiger partial charge >= 0.3 is 12.0 Å². The fourth-order valence-corrected chi connectivity index (χ4v) is 2.34. The van der Waals surface area contributed by atoms with E-state index in [4.69, 9.17) is 0 Å². The van der Waals surface area contributed by atoms with E-state index in [1.807, 2.05) is 24.3 Å². The first-order valence-corrected chi connectivity index (χ1v) is 6.64. The molecule has 1 aromatic rings. The Morgan fingerprint density at radius 2 is 1.70 bits per heavy atom. The maximum Gasteiger partial charge on any atom is 0.326 e. The van der Waals surface area contributed by atoms with E-state index in [2.05, 4.69) is 5.32 Å². The number of urea groups is 1. The van der Waals surface area contributed by atoms with Gasteiger partial charge in [0.2, 0.25) is 0 Å². The van der Waals surface area contributed by atoms with Crippen LogP contribution >= 0.6 is 0 Å². The van der Waals surface area contributed by atoms with E-state index < -0.39 is 17.4 Å². The Labute approximate surface area is 118 Å². The summed E-state index contributed by atoms with van der Waals surface area (Å²) in [5.74, 6) is -1.01. The van der Waals surface area contributed by atoms with Crippen molar-refractivity contribution >= 4 is 12.0 Å². The summed E-state index contributed by atoms with van der Waals surface area (Å²) >= 11 is 0. The van der Waals surface area contributed by atoms with Crippen LogP contribution in [0.1, 0.15) is 31.9 Å². The summed E-state index contributed by atoms with van der Waals surface area (Å²) in [6, 6.07) is 6.62. The van der Waals surface area contributed by atoms with E-state index in [9.17, 15) is 14.7 Å². The molecule has 0 spiro atoms. The number of carboxylic acid groups (broad SMARTS) is 1. The molecule has 5 heteroatoms. The number of aliphatic carboxylic acids is 1. The lowest BCUT2D eigenvalue weighted by atomic mass is 9.87. The van der Waals surface area contributed by atoms with Crippen molar-refractivity contribution in [3.8, 4) is 0 Å². The van der Waals surface area contributed by atoms with Gasteiger partial charge in [-0.15, -0.1) is 0 Å². The van der Waals surface area contributed by atoms with Crippen LogP contribution in [0.4, 0.5) is 4.79 Å². The second-order valence-electron chi connectivity index (χ2n) is 6.21. The molecule has 1 aliphatic heterocycles. The molecule has 0 aromatic heterocycles. The molecule has 20 heavy (non-hydrogen) atoms. The number of hydrogen-bond donors (Lipinski definition) is 2. The van der Waals surface area contributed by atoms with Crippen molar-refractivity contribution < 1.29 is 14.7 Å². The standard InChI is InChI=1S/C15H20N2O3/c1-15(2,3)12(13(18)19)16-14(20)17-8-10-6-4-5-7-11(10)9-17/h4-7,12H,8-9H2,1-3H3,(H,16,20)(H,18,19)/t12-/m0/s1. The van der Waals surface area contributed by atoms with Crippen molar-refractivity contribution in [1.29, 1.82) is 0 Å². The number of carboxylic acids is 1. The third kappa shape index (κ3) is 2.92. The Bertz CT molecular complexity index is 509. The zero-order chi connectivity index (χ0) is 14.9. The van der Waals surface area contributed by atoms with Crippen LogP contribution in [-0.4, -0.2) is 28.0 Å². The van der Waals surface area contributed by atoms with Crippen molar-refractivity contribution in [2.45, 2.75) is 39.9 Å². The van der Waals surface area contributed by atoms with Crippen LogP contribution < -0.4 is 5.32 Å². The molecular formula is C15H20N2O3. The predicted molar refractivity (Wildman–Crippen MR) is 75.1 cm³/mol. The Balaban J connectivity index is 2.05. The van der Waals surface area contributed by atoms with Crippen molar-refractivity contribution in [1.82, 2.24) is 10.2 Å². The van der Waals surface area contributed by atoms with Gasteiger partial charge in [0.1, 0.15) is 6.04 Å². The van der Waals surface area contributed by atoms with Crippen LogP contribution in [0.5, 0.6) is 0 Å². The van der Waals surface area contributed by atoms with Crippen molar-refractivity contribution in [3.05, 3.63) is 35.4 Å². The Morgan fingerprint density at radius 3 is 2.10 bits per heavy atom. The van der Waals surface area contributed by atoms with Gasteiger partial charge in [-0.25, -0.2) is 9.59 Å². The number of hydrogen-bond acceptors (Lipinski definition) is 2. The van der Waals surface area contributed by atoms with E-state index in [1.165, 1.54) is 0 Å². The van der Waals surface area contributed by atoms with E-state index >= 15 is 0 Å². The Hall–Kier alpha value is -2.04. The van der Waals surface area contributed by atoms with Gasteiger partial charge in [-0.05, 0) is 16.5 Å². The first kappa shape index (κ1) is 14.4. The fourth-order valence-electron chi connectivity index (χ4n) is 2.34. The summed E-state index contributed by atoms with van der Waals surface area (Å²) in [6.45, 7) is 6.44. The molecule has 1 atom stereocenters. The maximum absolute atomic E-state index is 12.2. The molecule has 0 fully saturated rings. The number of nitrogens with one attached hydrogen (secondary N) is 1. The average Bonchev–Trinajstić information content (AvgIpc) is 2.77. The van der Waals surface area contributed by atoms with Gasteiger partial charge in [0, 0.05) is 13.1 Å². The largest absolute Gasteiger partial charge is 0.480 e. The molecule has 0 radical (unpaired) electrons. The van der Waals surface area contributed by atoms with Gasteiger partial charge in [0.15, 0.2) is 0 Å². The first-order chi connectivity index (χ1) is 9.29. The van der Waals surface area contributed by atoms with E-state index in [0.717, 1.165) is 11.1 Å². The number of carbonyl (C=O) groups excluding carboxylic acids is 1. The zero-order valence-electron chi connectivity index (χ0n) is 12.0. The molecule has 0 unspecified atom stereocenters. The summed E-state index contributed by atoms with van der Waals surface area (Å²) in [7, 11) is 0. The summed E-state index contributed by atoms with van der Waals surface area (Å²) in [4.78, 5) is 25.1. The molecule has 2 rings (SSSR count). The minimum Gasteiger partial charge on any atom is -0.480 e. The number of amides is 2. The molecule has 0 saturated carbocycles. The van der Waals surface area contributed by atoms with E-state index in [-0.39, 0.29) is 6.03 Å². The number of rotatable bonds is 2. The lowest BCUT2D eigenvalue weighted by Gasteiger charge is -2.29. The topological polar surface area (TPSA) is 69.6 Å². The van der Waals surface area contributed by atoms with Gasteiger partial charge in [-0.1, -0.05) is 45.0 Å². The number of fused-ring (bicyclic) bond motifs is 1. The van der Waals surface area contributed by atoms with Crippen LogP contribution in [0.2, 0.25) is 0 Å². The average molecular weight is 276 g/mol. The highest BCUT2D eigenvalue weighted by Gasteiger charge is 2.34. The van der Waals surface area contributed by atoms with Crippen LogP contribution in [0.25, 0.3) is 0 Å². The van der Waals surface area contributed by atoms with Crippen LogP contribution in [0.15, 0.2) is 24.3 Å². The minimum atomic E-state index is -1.01. The Kier molecular flexibility index (Phi) is 3.70. The summed E-state index contributed by atoms with van der Waals surface area (Å²) in [5, 5.41) is 11.9. The van der Waals surface area contributed by atoms with Gasteiger partial charge in [0.05, 0.1) is 0 Å². The number of nitrogens with zero attached hydrogens (tertiary/aromatic N) is 1. The molecule has 1 aliphatic rings. The fraction of sp³-hybridized carbons (Fsp3) is 0.467. The summed E-state index contributed by atoms with van der Waals surface area (Å²) in [6.07, 6.45) is 0. The van der Waals surface area contributed by atoms with Gasteiger partial charge in [-0.2, -0.15) is 0 Å². The highest BCUT2D eigenvalue weighted by Crippen LogP contribution is 2.24. The molecule has 2 amide bonds. The van der Waals surface area contributed by atoms with Gasteiger partial charge in [-0.3, -0.25) is 0 Å². The molecule has 0 bridgehead atoms. The van der Waals surface area contributed by atoms with Crippen molar-refractivity contribution in [3.63, 3.8) is 0 Å². The normalized spacial score (nSPS) is 15.7. The smallest absolute Gasteiger partial charge is 0.326 e. The van der Waals surface area contributed by atoms with Crippen LogP contribution in [0, 0.1) is 5.41 Å². The summed E-state index contributed by atoms with van der Waals surface area (Å²) in [5.41, 5.74) is 1.70. The third-order valence-electron chi connectivity index (χ3n) is 3.51. The second kappa shape index (κ2) is 5.15. The van der Waals surface area contributed by atoms with Crippen LogP contribution in [-0.2, 0) is 17.9 Å². The molecule has 1 heterocycles. The maximum atomic E-state index is 12.2. The van der Waals surface area contributed by atoms with E-state index in [1.54, 1.807) is 25.7 Å². The minimum absolute atomic E-state index is 0.330. The van der Waals surface area contributed by atoms with E-state index in [0.29, 0.717) is 13.1 Å². The molecule has 0 saturated heterocycles. The quantitative estimate of drug-likeness (QED) is 0.870. The molecular weight excluding hydrogens is 256 g/mol. The highest BCUT2D eigenvalue weighted by molar-refractivity contribution is 5.83. The Morgan fingerprint density at radius 1 is 1.20 bits per heavy atom.